The van der Waals surface area contributed by atoms with Crippen LogP contribution in [0.4, 0.5) is 5.82 Å². The summed E-state index contributed by atoms with van der Waals surface area (Å²) in [7, 11) is 0. The summed E-state index contributed by atoms with van der Waals surface area (Å²) < 4.78 is 0. The first-order valence-electron chi connectivity index (χ1n) is 6.53. The first-order chi connectivity index (χ1) is 8.88. The first-order valence-corrected chi connectivity index (χ1v) is 6.53. The van der Waals surface area contributed by atoms with Crippen molar-refractivity contribution in [3.05, 3.63) is 30.6 Å². The maximum Gasteiger partial charge on any atom is 0.139 e. The molecule has 2 aromatic rings. The minimum absolute atomic E-state index is 0.590. The Morgan fingerprint density at radius 2 is 2.17 bits per heavy atom. The quantitative estimate of drug-likeness (QED) is 0.872. The van der Waals surface area contributed by atoms with E-state index in [2.05, 4.69) is 20.9 Å². The fourth-order valence-electron chi connectivity index (χ4n) is 2.69. The number of rotatable bonds is 2. The van der Waals surface area contributed by atoms with Crippen molar-refractivity contribution in [2.24, 2.45) is 11.7 Å². The van der Waals surface area contributed by atoms with Gasteiger partial charge in [-0.05, 0) is 37.4 Å². The van der Waals surface area contributed by atoms with Crippen LogP contribution in [0.3, 0.4) is 0 Å². The van der Waals surface area contributed by atoms with Gasteiger partial charge in [0.1, 0.15) is 12.1 Å². The summed E-state index contributed by atoms with van der Waals surface area (Å²) in [6.45, 7) is 2.84. The Morgan fingerprint density at radius 3 is 3.06 bits per heavy atom. The molecule has 0 bridgehead atoms. The molecule has 94 valence electrons. The molecule has 1 aliphatic rings. The van der Waals surface area contributed by atoms with Crippen LogP contribution in [0.5, 0.6) is 0 Å². The van der Waals surface area contributed by atoms with Crippen LogP contribution >= 0.6 is 0 Å². The van der Waals surface area contributed by atoms with Crippen molar-refractivity contribution < 1.29 is 0 Å². The average molecular weight is 242 g/mol. The Labute approximate surface area is 107 Å². The molecule has 1 fully saturated rings. The van der Waals surface area contributed by atoms with E-state index in [4.69, 9.17) is 5.73 Å². The fourth-order valence-corrected chi connectivity index (χ4v) is 2.69. The number of nitrogens with two attached hydrogens (primary N) is 1. The van der Waals surface area contributed by atoms with Gasteiger partial charge in [0.15, 0.2) is 0 Å². The third-order valence-corrected chi connectivity index (χ3v) is 3.67. The van der Waals surface area contributed by atoms with E-state index in [1.807, 2.05) is 18.2 Å². The third kappa shape index (κ3) is 2.04. The van der Waals surface area contributed by atoms with Crippen molar-refractivity contribution in [2.75, 3.05) is 24.5 Å². The fraction of sp³-hybridized carbons (Fsp3) is 0.429. The third-order valence-electron chi connectivity index (χ3n) is 3.67. The lowest BCUT2D eigenvalue weighted by atomic mass is 9.98. The van der Waals surface area contributed by atoms with E-state index in [1.54, 1.807) is 6.33 Å². The molecule has 4 nitrogen and oxygen atoms in total. The highest BCUT2D eigenvalue weighted by Crippen LogP contribution is 2.26. The summed E-state index contributed by atoms with van der Waals surface area (Å²) in [5.74, 6) is 1.64. The van der Waals surface area contributed by atoms with Gasteiger partial charge in [-0.15, -0.1) is 0 Å². The predicted octanol–water partition coefficient (Wildman–Crippen LogP) is 1.80. The van der Waals surface area contributed by atoms with Crippen molar-refractivity contribution in [1.29, 1.82) is 0 Å². The van der Waals surface area contributed by atoms with Crippen molar-refractivity contribution in [3.63, 3.8) is 0 Å². The Hall–Kier alpha value is -1.68. The van der Waals surface area contributed by atoms with Gasteiger partial charge in [0.2, 0.25) is 0 Å². The van der Waals surface area contributed by atoms with E-state index in [1.165, 1.54) is 12.8 Å². The van der Waals surface area contributed by atoms with E-state index >= 15 is 0 Å². The van der Waals surface area contributed by atoms with E-state index < -0.39 is 0 Å². The minimum Gasteiger partial charge on any atom is -0.356 e. The van der Waals surface area contributed by atoms with Crippen molar-refractivity contribution in [1.82, 2.24) is 9.97 Å². The number of benzene rings is 1. The molecule has 1 atom stereocenters. The van der Waals surface area contributed by atoms with Gasteiger partial charge in [-0.3, -0.25) is 0 Å². The number of hydrogen-bond donors (Lipinski definition) is 1. The standard InChI is InChI=1S/C14H18N4/c15-8-11-4-3-7-18(9-11)14-12-5-1-2-6-13(12)16-10-17-14/h1-2,5-6,10-11H,3-4,7-9,15H2. The molecule has 0 radical (unpaired) electrons. The zero-order chi connectivity index (χ0) is 12.4. The Kier molecular flexibility index (Phi) is 3.11. The molecule has 3 rings (SSSR count). The SMILES string of the molecule is NCC1CCCN(c2ncnc3ccccc23)C1. The van der Waals surface area contributed by atoms with Gasteiger partial charge in [0.05, 0.1) is 5.52 Å². The first kappa shape index (κ1) is 11.4. The van der Waals surface area contributed by atoms with Crippen LogP contribution in [0.1, 0.15) is 12.8 Å². The van der Waals surface area contributed by atoms with Crippen LogP contribution < -0.4 is 10.6 Å². The molecular formula is C14H18N4. The van der Waals surface area contributed by atoms with E-state index in [9.17, 15) is 0 Å². The summed E-state index contributed by atoms with van der Waals surface area (Å²) in [5.41, 5.74) is 6.81. The van der Waals surface area contributed by atoms with E-state index in [0.29, 0.717) is 5.92 Å². The highest BCUT2D eigenvalue weighted by atomic mass is 15.2. The van der Waals surface area contributed by atoms with Crippen LogP contribution in [0.25, 0.3) is 10.9 Å². The maximum atomic E-state index is 5.80. The van der Waals surface area contributed by atoms with Gasteiger partial charge in [-0.2, -0.15) is 0 Å². The number of piperidine rings is 1. The molecule has 1 aromatic carbocycles. The van der Waals surface area contributed by atoms with Gasteiger partial charge >= 0.3 is 0 Å². The molecule has 1 aliphatic heterocycles. The maximum absolute atomic E-state index is 5.80. The largest absolute Gasteiger partial charge is 0.356 e. The second-order valence-electron chi connectivity index (χ2n) is 4.90. The van der Waals surface area contributed by atoms with Gasteiger partial charge in [0, 0.05) is 18.5 Å². The topological polar surface area (TPSA) is 55.0 Å². The Morgan fingerprint density at radius 1 is 1.28 bits per heavy atom. The monoisotopic (exact) mass is 242 g/mol. The molecule has 0 spiro atoms. The minimum atomic E-state index is 0.590. The smallest absolute Gasteiger partial charge is 0.139 e. The predicted molar refractivity (Wildman–Crippen MR) is 73.5 cm³/mol. The van der Waals surface area contributed by atoms with Crippen LogP contribution in [0.2, 0.25) is 0 Å². The number of anilines is 1. The van der Waals surface area contributed by atoms with Gasteiger partial charge in [0.25, 0.3) is 0 Å². The van der Waals surface area contributed by atoms with E-state index in [0.717, 1.165) is 36.4 Å². The van der Waals surface area contributed by atoms with E-state index in [-0.39, 0.29) is 0 Å². The van der Waals surface area contributed by atoms with Crippen LogP contribution in [-0.2, 0) is 0 Å². The number of fused-ring (bicyclic) bond motifs is 1. The summed E-state index contributed by atoms with van der Waals surface area (Å²) in [6, 6.07) is 8.18. The number of nitrogens with zero attached hydrogens (tertiary/aromatic N) is 3. The number of para-hydroxylation sites is 1. The molecule has 1 aromatic heterocycles. The summed E-state index contributed by atoms with van der Waals surface area (Å²) in [4.78, 5) is 11.1. The van der Waals surface area contributed by atoms with Crippen LogP contribution in [-0.4, -0.2) is 29.6 Å². The normalized spacial score (nSPS) is 20.3. The summed E-state index contributed by atoms with van der Waals surface area (Å²) in [6.07, 6.45) is 4.08. The summed E-state index contributed by atoms with van der Waals surface area (Å²) in [5, 5.41) is 1.14. The number of hydrogen-bond acceptors (Lipinski definition) is 4. The van der Waals surface area contributed by atoms with Crippen molar-refractivity contribution >= 4 is 16.7 Å². The lowest BCUT2D eigenvalue weighted by Crippen LogP contribution is -2.38. The lowest BCUT2D eigenvalue weighted by Gasteiger charge is -2.33. The zero-order valence-corrected chi connectivity index (χ0v) is 10.4. The molecule has 1 unspecified atom stereocenters. The van der Waals surface area contributed by atoms with Gasteiger partial charge < -0.3 is 10.6 Å². The second-order valence-corrected chi connectivity index (χ2v) is 4.90. The number of aromatic nitrogens is 2. The highest BCUT2D eigenvalue weighted by molar-refractivity contribution is 5.89. The molecule has 4 heteroatoms. The lowest BCUT2D eigenvalue weighted by molar-refractivity contribution is 0.422. The van der Waals surface area contributed by atoms with Crippen LogP contribution in [0, 0.1) is 5.92 Å². The highest BCUT2D eigenvalue weighted by Gasteiger charge is 2.21. The molecule has 0 amide bonds. The van der Waals surface area contributed by atoms with Gasteiger partial charge in [-0.1, -0.05) is 12.1 Å². The molecule has 2 N–H and O–H groups in total. The summed E-state index contributed by atoms with van der Waals surface area (Å²) >= 11 is 0. The zero-order valence-electron chi connectivity index (χ0n) is 10.4. The van der Waals surface area contributed by atoms with Crippen molar-refractivity contribution in [3.8, 4) is 0 Å². The molecular weight excluding hydrogens is 224 g/mol. The Bertz CT molecular complexity index is 535. The van der Waals surface area contributed by atoms with Crippen molar-refractivity contribution in [2.45, 2.75) is 12.8 Å². The molecule has 0 saturated carbocycles. The van der Waals surface area contributed by atoms with Crippen LogP contribution in [0.15, 0.2) is 30.6 Å². The molecule has 0 aliphatic carbocycles. The molecule has 1 saturated heterocycles. The molecule has 18 heavy (non-hydrogen) atoms. The average Bonchev–Trinajstić information content (AvgIpc) is 2.47. The van der Waals surface area contributed by atoms with Gasteiger partial charge in [-0.25, -0.2) is 9.97 Å². The molecule has 2 heterocycles. The Balaban J connectivity index is 1.98. The second kappa shape index (κ2) is 4.90.